The maximum Gasteiger partial charge on any atom is 0.265 e. The van der Waals surface area contributed by atoms with Gasteiger partial charge >= 0.3 is 0 Å². The lowest BCUT2D eigenvalue weighted by Crippen LogP contribution is -2.59. The van der Waals surface area contributed by atoms with Crippen molar-refractivity contribution in [2.75, 3.05) is 16.8 Å². The van der Waals surface area contributed by atoms with Gasteiger partial charge in [0.25, 0.3) is 5.91 Å². The molecule has 0 atom stereocenters. The van der Waals surface area contributed by atoms with Gasteiger partial charge in [-0.05, 0) is 38.1 Å². The van der Waals surface area contributed by atoms with Gasteiger partial charge in [0.05, 0.1) is 11.4 Å². The Morgan fingerprint density at radius 3 is 2.71 bits per heavy atom. The molecule has 0 saturated heterocycles. The molecular formula is C18H17FN2O3. The maximum atomic E-state index is 13.2. The van der Waals surface area contributed by atoms with Crippen LogP contribution in [0.4, 0.5) is 15.8 Å². The number of nitrogens with one attached hydrogen (secondary N) is 1. The first-order valence-corrected chi connectivity index (χ1v) is 7.51. The second-order valence-corrected chi connectivity index (χ2v) is 6.01. The highest BCUT2D eigenvalue weighted by molar-refractivity contribution is 6.14. The first kappa shape index (κ1) is 16.0. The highest BCUT2D eigenvalue weighted by Gasteiger charge is 2.43. The molecule has 0 aromatic heterocycles. The van der Waals surface area contributed by atoms with E-state index < -0.39 is 11.4 Å². The van der Waals surface area contributed by atoms with E-state index in [4.69, 9.17) is 4.74 Å². The number of anilines is 2. The van der Waals surface area contributed by atoms with E-state index in [1.54, 1.807) is 44.2 Å². The van der Waals surface area contributed by atoms with Crippen molar-refractivity contribution in [1.29, 1.82) is 0 Å². The largest absolute Gasteiger partial charge is 0.484 e. The minimum absolute atomic E-state index is 0.260. The Balaban J connectivity index is 1.86. The van der Waals surface area contributed by atoms with Gasteiger partial charge in [-0.25, -0.2) is 4.39 Å². The quantitative estimate of drug-likeness (QED) is 0.942. The Kier molecular flexibility index (Phi) is 3.97. The lowest BCUT2D eigenvalue weighted by atomic mass is 9.96. The molecule has 1 heterocycles. The van der Waals surface area contributed by atoms with Crippen molar-refractivity contribution in [1.82, 2.24) is 0 Å². The number of nitrogens with zero attached hydrogens (tertiary/aromatic N) is 1. The van der Waals surface area contributed by atoms with Crippen molar-refractivity contribution in [2.45, 2.75) is 19.4 Å². The van der Waals surface area contributed by atoms with Crippen molar-refractivity contribution < 1.29 is 18.7 Å². The lowest BCUT2D eigenvalue weighted by Gasteiger charge is -2.41. The Morgan fingerprint density at radius 1 is 1.21 bits per heavy atom. The van der Waals surface area contributed by atoms with Crippen LogP contribution < -0.4 is 15.0 Å². The summed E-state index contributed by atoms with van der Waals surface area (Å²) in [4.78, 5) is 26.4. The third kappa shape index (κ3) is 2.82. The fraction of sp³-hybridized carbons (Fsp3) is 0.222. The number of fused-ring (bicyclic) bond motifs is 1. The fourth-order valence-corrected chi connectivity index (χ4v) is 2.66. The summed E-state index contributed by atoms with van der Waals surface area (Å²) in [7, 11) is 0. The fourth-order valence-electron chi connectivity index (χ4n) is 2.66. The van der Waals surface area contributed by atoms with Crippen molar-refractivity contribution in [3.05, 3.63) is 54.3 Å². The number of para-hydroxylation sites is 2. The van der Waals surface area contributed by atoms with Gasteiger partial charge < -0.3 is 10.1 Å². The Labute approximate surface area is 139 Å². The van der Waals surface area contributed by atoms with E-state index >= 15 is 0 Å². The number of hydrogen-bond acceptors (Lipinski definition) is 3. The number of amides is 2. The molecule has 0 unspecified atom stereocenters. The summed E-state index contributed by atoms with van der Waals surface area (Å²) < 4.78 is 18.6. The number of hydrogen-bond donors (Lipinski definition) is 1. The van der Waals surface area contributed by atoms with Crippen molar-refractivity contribution in [2.24, 2.45) is 0 Å². The SMILES string of the molecule is CC1(C)C(=O)Nc2ccccc2N1C(=O)COc1cccc(F)c1. The number of carbonyl (C=O) groups excluding carboxylic acids is 2. The summed E-state index contributed by atoms with van der Waals surface area (Å²) in [6.07, 6.45) is 0. The molecule has 3 rings (SSSR count). The molecule has 0 fully saturated rings. The molecule has 124 valence electrons. The van der Waals surface area contributed by atoms with Gasteiger partial charge in [0.15, 0.2) is 6.61 Å². The molecule has 0 aliphatic carbocycles. The minimum atomic E-state index is -1.06. The van der Waals surface area contributed by atoms with Gasteiger partial charge in [0.2, 0.25) is 5.91 Å². The number of benzene rings is 2. The minimum Gasteiger partial charge on any atom is -0.484 e. The van der Waals surface area contributed by atoms with E-state index in [9.17, 15) is 14.0 Å². The van der Waals surface area contributed by atoms with Crippen LogP contribution >= 0.6 is 0 Å². The Morgan fingerprint density at radius 2 is 1.96 bits per heavy atom. The molecule has 0 saturated carbocycles. The van der Waals surface area contributed by atoms with Crippen LogP contribution in [-0.2, 0) is 9.59 Å². The third-order valence-corrected chi connectivity index (χ3v) is 3.92. The van der Waals surface area contributed by atoms with Gasteiger partial charge in [-0.3, -0.25) is 14.5 Å². The third-order valence-electron chi connectivity index (χ3n) is 3.92. The average molecular weight is 328 g/mol. The van der Waals surface area contributed by atoms with E-state index in [0.717, 1.165) is 0 Å². The molecule has 1 aliphatic heterocycles. The molecule has 24 heavy (non-hydrogen) atoms. The zero-order valence-corrected chi connectivity index (χ0v) is 13.4. The van der Waals surface area contributed by atoms with Crippen LogP contribution in [0.15, 0.2) is 48.5 Å². The van der Waals surface area contributed by atoms with E-state index in [-0.39, 0.29) is 24.2 Å². The number of rotatable bonds is 3. The van der Waals surface area contributed by atoms with E-state index in [2.05, 4.69) is 5.32 Å². The molecule has 5 nitrogen and oxygen atoms in total. The summed E-state index contributed by atoms with van der Waals surface area (Å²) in [5.74, 6) is -0.842. The zero-order chi connectivity index (χ0) is 17.3. The highest BCUT2D eigenvalue weighted by atomic mass is 19.1. The summed E-state index contributed by atoms with van der Waals surface area (Å²) in [6.45, 7) is 3.03. The number of halogens is 1. The zero-order valence-electron chi connectivity index (χ0n) is 13.4. The first-order valence-electron chi connectivity index (χ1n) is 7.51. The smallest absolute Gasteiger partial charge is 0.265 e. The van der Waals surface area contributed by atoms with Crippen LogP contribution in [0.3, 0.4) is 0 Å². The molecule has 1 N–H and O–H groups in total. The topological polar surface area (TPSA) is 58.6 Å². The summed E-state index contributed by atoms with van der Waals surface area (Å²) in [5, 5.41) is 2.79. The van der Waals surface area contributed by atoms with Crippen LogP contribution in [0.5, 0.6) is 5.75 Å². The van der Waals surface area contributed by atoms with Crippen LogP contribution in [0.1, 0.15) is 13.8 Å². The van der Waals surface area contributed by atoms with Crippen molar-refractivity contribution >= 4 is 23.2 Å². The van der Waals surface area contributed by atoms with Gasteiger partial charge in [0.1, 0.15) is 17.1 Å². The van der Waals surface area contributed by atoms with Gasteiger partial charge in [0, 0.05) is 6.07 Å². The van der Waals surface area contributed by atoms with E-state index in [0.29, 0.717) is 11.4 Å². The van der Waals surface area contributed by atoms with E-state index in [1.807, 2.05) is 0 Å². The molecule has 0 bridgehead atoms. The highest BCUT2D eigenvalue weighted by Crippen LogP contribution is 2.36. The predicted octanol–water partition coefficient (Wildman–Crippen LogP) is 2.97. The van der Waals surface area contributed by atoms with Gasteiger partial charge in [-0.2, -0.15) is 0 Å². The molecular weight excluding hydrogens is 311 g/mol. The van der Waals surface area contributed by atoms with Gasteiger partial charge in [-0.15, -0.1) is 0 Å². The Hall–Kier alpha value is -2.89. The van der Waals surface area contributed by atoms with E-state index in [1.165, 1.54) is 23.1 Å². The molecule has 2 aromatic rings. The van der Waals surface area contributed by atoms with Crippen LogP contribution in [0.2, 0.25) is 0 Å². The first-order chi connectivity index (χ1) is 11.4. The standard InChI is InChI=1S/C18H17FN2O3/c1-18(2)17(23)20-14-8-3-4-9-15(14)21(18)16(22)11-24-13-7-5-6-12(19)10-13/h3-10H,11H2,1-2H3,(H,20,23). The Bertz CT molecular complexity index is 804. The summed E-state index contributed by atoms with van der Waals surface area (Å²) in [5.41, 5.74) is 0.118. The number of ether oxygens (including phenoxy) is 1. The van der Waals surface area contributed by atoms with Crippen molar-refractivity contribution in [3.63, 3.8) is 0 Å². The maximum absolute atomic E-state index is 13.2. The van der Waals surface area contributed by atoms with Crippen LogP contribution in [0, 0.1) is 5.82 Å². The molecule has 2 aromatic carbocycles. The van der Waals surface area contributed by atoms with Gasteiger partial charge in [-0.1, -0.05) is 18.2 Å². The average Bonchev–Trinajstić information content (AvgIpc) is 2.54. The second-order valence-electron chi connectivity index (χ2n) is 6.01. The molecule has 6 heteroatoms. The van der Waals surface area contributed by atoms with Crippen molar-refractivity contribution in [3.8, 4) is 5.75 Å². The molecule has 2 amide bonds. The lowest BCUT2D eigenvalue weighted by molar-refractivity contribution is -0.127. The van der Waals surface area contributed by atoms with Crippen LogP contribution in [-0.4, -0.2) is 24.0 Å². The second kappa shape index (κ2) is 5.96. The predicted molar refractivity (Wildman–Crippen MR) is 88.5 cm³/mol. The summed E-state index contributed by atoms with van der Waals surface area (Å²) in [6, 6.07) is 12.6. The summed E-state index contributed by atoms with van der Waals surface area (Å²) >= 11 is 0. The normalized spacial score (nSPS) is 15.5. The molecule has 0 spiro atoms. The molecule has 1 aliphatic rings. The monoisotopic (exact) mass is 328 g/mol. The molecule has 0 radical (unpaired) electrons. The van der Waals surface area contributed by atoms with Crippen LogP contribution in [0.25, 0.3) is 0 Å². The number of carbonyl (C=O) groups is 2.